The molecule has 2 saturated heterocycles. The molecule has 2 aliphatic heterocycles. The standard InChI is InChI=1S/C23H22F3NO3/c24-19-11-16(12-20(25)21(19)26)22(28)15-9-17-7-4-8-18(10-15)27(17)23(29)30-13-14-5-2-1-3-6-14/h1-3,5-6,11-12,15,17-18H,4,7-10,13H2. The molecule has 2 heterocycles. The SMILES string of the molecule is O=C(c1cc(F)c(F)c(F)c1)C1CC2CCCC(C1)N2C(=O)OCc1ccccc1. The van der Waals surface area contributed by atoms with Gasteiger partial charge in [-0.3, -0.25) is 4.79 Å². The van der Waals surface area contributed by atoms with Crippen molar-refractivity contribution < 1.29 is 27.5 Å². The molecule has 0 radical (unpaired) electrons. The predicted molar refractivity (Wildman–Crippen MR) is 103 cm³/mol. The van der Waals surface area contributed by atoms with Crippen LogP contribution in [0.5, 0.6) is 0 Å². The first-order valence-corrected chi connectivity index (χ1v) is 10.1. The molecular weight excluding hydrogens is 395 g/mol. The van der Waals surface area contributed by atoms with Crippen LogP contribution < -0.4 is 0 Å². The van der Waals surface area contributed by atoms with Gasteiger partial charge in [-0.2, -0.15) is 0 Å². The van der Waals surface area contributed by atoms with Crippen LogP contribution in [0, 0.1) is 23.4 Å². The van der Waals surface area contributed by atoms with Crippen LogP contribution in [0.15, 0.2) is 42.5 Å². The second kappa shape index (κ2) is 8.50. The van der Waals surface area contributed by atoms with Gasteiger partial charge in [-0.15, -0.1) is 0 Å². The minimum atomic E-state index is -1.58. The number of ether oxygens (including phenoxy) is 1. The lowest BCUT2D eigenvalue weighted by Gasteiger charge is -2.47. The largest absolute Gasteiger partial charge is 0.445 e. The Morgan fingerprint density at radius 3 is 2.17 bits per heavy atom. The van der Waals surface area contributed by atoms with E-state index in [0.717, 1.165) is 37.0 Å². The van der Waals surface area contributed by atoms with E-state index in [2.05, 4.69) is 0 Å². The molecule has 7 heteroatoms. The maximum Gasteiger partial charge on any atom is 0.410 e. The van der Waals surface area contributed by atoms with Gasteiger partial charge in [-0.05, 0) is 49.8 Å². The number of halogens is 3. The number of benzene rings is 2. The molecule has 2 aliphatic rings. The molecule has 158 valence electrons. The summed E-state index contributed by atoms with van der Waals surface area (Å²) in [6.45, 7) is 0.173. The summed E-state index contributed by atoms with van der Waals surface area (Å²) in [6, 6.07) is 10.5. The number of piperidine rings is 2. The van der Waals surface area contributed by atoms with Gasteiger partial charge in [-0.25, -0.2) is 18.0 Å². The molecule has 2 unspecified atom stereocenters. The Morgan fingerprint density at radius 1 is 0.967 bits per heavy atom. The lowest BCUT2D eigenvalue weighted by molar-refractivity contribution is 0.00471. The van der Waals surface area contributed by atoms with Crippen LogP contribution in [0.3, 0.4) is 0 Å². The minimum absolute atomic E-state index is 0.162. The van der Waals surface area contributed by atoms with Gasteiger partial charge in [0.2, 0.25) is 0 Å². The molecule has 2 atom stereocenters. The first-order chi connectivity index (χ1) is 14.4. The van der Waals surface area contributed by atoms with Crippen LogP contribution >= 0.6 is 0 Å². The number of nitrogens with zero attached hydrogens (tertiary/aromatic N) is 1. The maximum absolute atomic E-state index is 13.6. The third kappa shape index (κ3) is 4.06. The third-order valence-electron chi connectivity index (χ3n) is 6.03. The van der Waals surface area contributed by atoms with Crippen molar-refractivity contribution in [1.82, 2.24) is 4.90 Å². The van der Waals surface area contributed by atoms with Crippen molar-refractivity contribution >= 4 is 11.9 Å². The number of carbonyl (C=O) groups is 2. The number of Topliss-reactive ketones (excluding diaryl/α,β-unsaturated/α-hetero) is 1. The number of ketones is 1. The molecule has 4 nitrogen and oxygen atoms in total. The number of amides is 1. The summed E-state index contributed by atoms with van der Waals surface area (Å²) >= 11 is 0. The van der Waals surface area contributed by atoms with Crippen molar-refractivity contribution in [2.24, 2.45) is 5.92 Å². The highest BCUT2D eigenvalue weighted by Crippen LogP contribution is 2.39. The summed E-state index contributed by atoms with van der Waals surface area (Å²) < 4.78 is 45.8. The van der Waals surface area contributed by atoms with E-state index in [1.54, 1.807) is 4.90 Å². The van der Waals surface area contributed by atoms with Gasteiger partial charge in [0.1, 0.15) is 6.61 Å². The molecule has 1 amide bonds. The average Bonchev–Trinajstić information content (AvgIpc) is 2.74. The second-order valence-electron chi connectivity index (χ2n) is 7.97. The van der Waals surface area contributed by atoms with Crippen LogP contribution in [0.2, 0.25) is 0 Å². The second-order valence-corrected chi connectivity index (χ2v) is 7.97. The molecule has 2 bridgehead atoms. The van der Waals surface area contributed by atoms with Crippen LogP contribution in [-0.2, 0) is 11.3 Å². The zero-order valence-corrected chi connectivity index (χ0v) is 16.3. The first-order valence-electron chi connectivity index (χ1n) is 10.1. The molecule has 0 N–H and O–H groups in total. The lowest BCUT2D eigenvalue weighted by atomic mass is 9.76. The van der Waals surface area contributed by atoms with Gasteiger partial charge in [0.15, 0.2) is 23.2 Å². The number of fused-ring (bicyclic) bond motifs is 2. The van der Waals surface area contributed by atoms with Crippen molar-refractivity contribution in [3.63, 3.8) is 0 Å². The number of rotatable bonds is 4. The highest BCUT2D eigenvalue weighted by Gasteiger charge is 2.43. The monoisotopic (exact) mass is 417 g/mol. The number of hydrogen-bond donors (Lipinski definition) is 0. The van der Waals surface area contributed by atoms with Gasteiger partial charge in [0.05, 0.1) is 0 Å². The fraction of sp³-hybridized carbons (Fsp3) is 0.391. The number of hydrogen-bond acceptors (Lipinski definition) is 3. The van der Waals surface area contributed by atoms with Gasteiger partial charge < -0.3 is 9.64 Å². The van der Waals surface area contributed by atoms with E-state index in [1.807, 2.05) is 30.3 Å². The molecule has 2 fully saturated rings. The predicted octanol–water partition coefficient (Wildman–Crippen LogP) is 5.26. The minimum Gasteiger partial charge on any atom is -0.445 e. The topological polar surface area (TPSA) is 46.6 Å². The van der Waals surface area contributed by atoms with E-state index in [4.69, 9.17) is 4.74 Å². The molecule has 2 aromatic carbocycles. The molecule has 0 saturated carbocycles. The molecule has 30 heavy (non-hydrogen) atoms. The Morgan fingerprint density at radius 2 is 1.57 bits per heavy atom. The van der Waals surface area contributed by atoms with Crippen molar-refractivity contribution in [3.05, 3.63) is 71.0 Å². The maximum atomic E-state index is 13.6. The van der Waals surface area contributed by atoms with E-state index in [0.29, 0.717) is 12.8 Å². The lowest BCUT2D eigenvalue weighted by Crippen LogP contribution is -2.55. The number of carbonyl (C=O) groups excluding carboxylic acids is 2. The molecule has 0 aromatic heterocycles. The highest BCUT2D eigenvalue weighted by molar-refractivity contribution is 5.98. The third-order valence-corrected chi connectivity index (χ3v) is 6.03. The van der Waals surface area contributed by atoms with E-state index in [9.17, 15) is 22.8 Å². The fourth-order valence-corrected chi connectivity index (χ4v) is 4.62. The van der Waals surface area contributed by atoms with Crippen LogP contribution in [0.4, 0.5) is 18.0 Å². The average molecular weight is 417 g/mol. The summed E-state index contributed by atoms with van der Waals surface area (Å²) in [5, 5.41) is 0. The van der Waals surface area contributed by atoms with E-state index >= 15 is 0 Å². The summed E-state index contributed by atoms with van der Waals surface area (Å²) in [5.41, 5.74) is 0.719. The summed E-state index contributed by atoms with van der Waals surface area (Å²) in [4.78, 5) is 27.3. The van der Waals surface area contributed by atoms with Gasteiger partial charge in [0.25, 0.3) is 0 Å². The van der Waals surface area contributed by atoms with Crippen LogP contribution in [-0.4, -0.2) is 28.9 Å². The van der Waals surface area contributed by atoms with Crippen LogP contribution in [0.1, 0.15) is 48.0 Å². The molecule has 4 rings (SSSR count). The molecule has 0 spiro atoms. The Bertz CT molecular complexity index is 913. The Hall–Kier alpha value is -2.83. The smallest absolute Gasteiger partial charge is 0.410 e. The van der Waals surface area contributed by atoms with Gasteiger partial charge >= 0.3 is 6.09 Å². The Labute approximate surface area is 172 Å². The first kappa shape index (κ1) is 20.4. The van der Waals surface area contributed by atoms with Crippen molar-refractivity contribution in [1.29, 1.82) is 0 Å². The van der Waals surface area contributed by atoms with Gasteiger partial charge in [-0.1, -0.05) is 30.3 Å². The van der Waals surface area contributed by atoms with Crippen molar-refractivity contribution in [3.8, 4) is 0 Å². The fourth-order valence-electron chi connectivity index (χ4n) is 4.62. The zero-order valence-electron chi connectivity index (χ0n) is 16.3. The molecular formula is C23H22F3NO3. The van der Waals surface area contributed by atoms with Crippen LogP contribution in [0.25, 0.3) is 0 Å². The Balaban J connectivity index is 1.45. The zero-order chi connectivity index (χ0) is 21.3. The highest BCUT2D eigenvalue weighted by atomic mass is 19.2. The molecule has 2 aromatic rings. The summed E-state index contributed by atoms with van der Waals surface area (Å²) in [6.07, 6.45) is 2.82. The Kier molecular flexibility index (Phi) is 5.79. The van der Waals surface area contributed by atoms with E-state index in [1.165, 1.54) is 0 Å². The van der Waals surface area contributed by atoms with E-state index in [-0.39, 0.29) is 24.3 Å². The quantitative estimate of drug-likeness (QED) is 0.504. The van der Waals surface area contributed by atoms with E-state index < -0.39 is 35.2 Å². The molecule has 0 aliphatic carbocycles. The van der Waals surface area contributed by atoms with Crippen molar-refractivity contribution in [2.75, 3.05) is 0 Å². The van der Waals surface area contributed by atoms with Gasteiger partial charge in [0, 0.05) is 23.6 Å². The summed E-state index contributed by atoms with van der Waals surface area (Å²) in [5.74, 6) is -5.22. The summed E-state index contributed by atoms with van der Waals surface area (Å²) in [7, 11) is 0. The van der Waals surface area contributed by atoms with Crippen molar-refractivity contribution in [2.45, 2.75) is 50.8 Å². The normalized spacial score (nSPS) is 23.2.